The molecule has 2 heteroatoms. The molecule has 0 amide bonds. The number of hydrogen-bond acceptors (Lipinski definition) is 2. The first-order valence-corrected chi connectivity index (χ1v) is 12.4. The van der Waals surface area contributed by atoms with Crippen molar-refractivity contribution in [1.82, 2.24) is 0 Å². The zero-order chi connectivity index (χ0) is 22.5. The van der Waals surface area contributed by atoms with E-state index in [0.717, 1.165) is 18.4 Å². The third-order valence-corrected chi connectivity index (χ3v) is 6.32. The Kier molecular flexibility index (Phi) is 11.4. The van der Waals surface area contributed by atoms with E-state index in [4.69, 9.17) is 4.74 Å². The van der Waals surface area contributed by atoms with Crippen molar-refractivity contribution < 1.29 is 9.53 Å². The SMILES string of the molecule is CCCCCCCc1ccc(-c2ccc(C(C)OC(=O)CCCC(C)CC)cc2)cc1. The van der Waals surface area contributed by atoms with Gasteiger partial charge in [-0.05, 0) is 54.4 Å². The van der Waals surface area contributed by atoms with Crippen LogP contribution in [0, 0.1) is 5.92 Å². The molecule has 2 unspecified atom stereocenters. The molecule has 0 heterocycles. The Hall–Kier alpha value is -2.09. The van der Waals surface area contributed by atoms with Crippen LogP contribution < -0.4 is 0 Å². The largest absolute Gasteiger partial charge is 0.458 e. The highest BCUT2D eigenvalue weighted by Crippen LogP contribution is 2.25. The highest BCUT2D eigenvalue weighted by atomic mass is 16.5. The molecule has 2 aromatic carbocycles. The van der Waals surface area contributed by atoms with Gasteiger partial charge in [0.2, 0.25) is 0 Å². The van der Waals surface area contributed by atoms with E-state index >= 15 is 0 Å². The van der Waals surface area contributed by atoms with Crippen LogP contribution in [0.25, 0.3) is 11.1 Å². The summed E-state index contributed by atoms with van der Waals surface area (Å²) < 4.78 is 5.64. The van der Waals surface area contributed by atoms with E-state index in [9.17, 15) is 4.79 Å². The van der Waals surface area contributed by atoms with Crippen molar-refractivity contribution in [2.24, 2.45) is 5.92 Å². The van der Waals surface area contributed by atoms with Crippen molar-refractivity contribution >= 4 is 5.97 Å². The molecule has 2 rings (SSSR count). The Morgan fingerprint density at radius 1 is 0.806 bits per heavy atom. The summed E-state index contributed by atoms with van der Waals surface area (Å²) in [5.74, 6) is 0.586. The Bertz CT molecular complexity index is 745. The molecule has 0 fully saturated rings. The smallest absolute Gasteiger partial charge is 0.306 e. The number of esters is 1. The summed E-state index contributed by atoms with van der Waals surface area (Å²) in [5, 5.41) is 0. The molecule has 2 nitrogen and oxygen atoms in total. The molecule has 2 aromatic rings. The number of hydrogen-bond donors (Lipinski definition) is 0. The number of ether oxygens (including phenoxy) is 1. The average Bonchev–Trinajstić information content (AvgIpc) is 2.79. The average molecular weight is 423 g/mol. The number of aryl methyl sites for hydroxylation is 1. The fourth-order valence-electron chi connectivity index (χ4n) is 3.87. The summed E-state index contributed by atoms with van der Waals surface area (Å²) in [6, 6.07) is 17.4. The van der Waals surface area contributed by atoms with Crippen LogP contribution in [0.5, 0.6) is 0 Å². The minimum atomic E-state index is -0.208. The van der Waals surface area contributed by atoms with Crippen molar-refractivity contribution in [2.75, 3.05) is 0 Å². The second-order valence-electron chi connectivity index (χ2n) is 9.02. The van der Waals surface area contributed by atoms with Crippen LogP contribution in [0.15, 0.2) is 48.5 Å². The normalized spacial score (nSPS) is 13.0. The van der Waals surface area contributed by atoms with Crippen LogP contribution in [-0.2, 0) is 16.0 Å². The van der Waals surface area contributed by atoms with Crippen molar-refractivity contribution in [3.63, 3.8) is 0 Å². The Morgan fingerprint density at radius 3 is 2.03 bits per heavy atom. The molecular weight excluding hydrogens is 380 g/mol. The number of unbranched alkanes of at least 4 members (excludes halogenated alkanes) is 4. The molecule has 0 radical (unpaired) electrons. The van der Waals surface area contributed by atoms with Crippen LogP contribution in [0.1, 0.15) is 103 Å². The van der Waals surface area contributed by atoms with Gasteiger partial charge in [0.05, 0.1) is 0 Å². The predicted octanol–water partition coefficient (Wildman–Crippen LogP) is 8.69. The molecule has 0 bridgehead atoms. The van der Waals surface area contributed by atoms with Gasteiger partial charge in [-0.15, -0.1) is 0 Å². The summed E-state index contributed by atoms with van der Waals surface area (Å²) in [6.07, 6.45) is 11.3. The maximum atomic E-state index is 12.1. The maximum absolute atomic E-state index is 12.1. The van der Waals surface area contributed by atoms with Gasteiger partial charge in [-0.3, -0.25) is 4.79 Å². The zero-order valence-corrected chi connectivity index (χ0v) is 20.2. The van der Waals surface area contributed by atoms with E-state index in [1.165, 1.54) is 61.6 Å². The fourth-order valence-corrected chi connectivity index (χ4v) is 3.87. The van der Waals surface area contributed by atoms with E-state index in [1.54, 1.807) is 0 Å². The second-order valence-corrected chi connectivity index (χ2v) is 9.02. The molecule has 0 spiro atoms. The van der Waals surface area contributed by atoms with Crippen molar-refractivity contribution in [3.8, 4) is 11.1 Å². The first-order chi connectivity index (χ1) is 15.0. The molecule has 0 saturated carbocycles. The van der Waals surface area contributed by atoms with Gasteiger partial charge in [-0.25, -0.2) is 0 Å². The Balaban J connectivity index is 1.81. The molecule has 0 N–H and O–H groups in total. The van der Waals surface area contributed by atoms with E-state index in [1.807, 2.05) is 6.92 Å². The molecular formula is C29H42O2. The second kappa shape index (κ2) is 14.1. The third kappa shape index (κ3) is 9.29. The zero-order valence-electron chi connectivity index (χ0n) is 20.2. The quantitative estimate of drug-likeness (QED) is 0.225. The highest BCUT2D eigenvalue weighted by molar-refractivity contribution is 5.69. The number of carbonyl (C=O) groups excluding carboxylic acids is 1. The molecule has 0 aliphatic rings. The molecule has 0 saturated heterocycles. The summed E-state index contributed by atoms with van der Waals surface area (Å²) >= 11 is 0. The van der Waals surface area contributed by atoms with Gasteiger partial charge in [-0.2, -0.15) is 0 Å². The summed E-state index contributed by atoms with van der Waals surface area (Å²) in [4.78, 5) is 12.1. The molecule has 170 valence electrons. The minimum Gasteiger partial charge on any atom is -0.458 e. The van der Waals surface area contributed by atoms with Crippen molar-refractivity contribution in [2.45, 2.75) is 98.0 Å². The number of benzene rings is 2. The lowest BCUT2D eigenvalue weighted by atomic mass is 9.99. The standard InChI is InChI=1S/C29H42O2/c1-5-7-8-9-10-13-25-15-17-27(18-16-25)28-21-19-26(20-22-28)24(4)31-29(30)14-11-12-23(3)6-2/h15-24H,5-14H2,1-4H3. The first kappa shape index (κ1) is 25.2. The van der Waals surface area contributed by atoms with Gasteiger partial charge in [0.15, 0.2) is 0 Å². The van der Waals surface area contributed by atoms with Gasteiger partial charge >= 0.3 is 5.97 Å². The van der Waals surface area contributed by atoms with Crippen molar-refractivity contribution in [1.29, 1.82) is 0 Å². The molecule has 2 atom stereocenters. The third-order valence-electron chi connectivity index (χ3n) is 6.32. The van der Waals surface area contributed by atoms with Crippen LogP contribution in [-0.4, -0.2) is 5.97 Å². The van der Waals surface area contributed by atoms with Crippen LogP contribution in [0.2, 0.25) is 0 Å². The van der Waals surface area contributed by atoms with E-state index in [-0.39, 0.29) is 12.1 Å². The predicted molar refractivity (Wildman–Crippen MR) is 132 cm³/mol. The maximum Gasteiger partial charge on any atom is 0.306 e. The Labute approximate surface area is 190 Å². The summed E-state index contributed by atoms with van der Waals surface area (Å²) in [5.41, 5.74) is 4.90. The number of carbonyl (C=O) groups is 1. The molecule has 0 aliphatic heterocycles. The van der Waals surface area contributed by atoms with Crippen molar-refractivity contribution in [3.05, 3.63) is 59.7 Å². The van der Waals surface area contributed by atoms with E-state index < -0.39 is 0 Å². The summed E-state index contributed by atoms with van der Waals surface area (Å²) in [7, 11) is 0. The monoisotopic (exact) mass is 422 g/mol. The molecule has 31 heavy (non-hydrogen) atoms. The lowest BCUT2D eigenvalue weighted by molar-refractivity contribution is -0.148. The minimum absolute atomic E-state index is 0.0924. The van der Waals surface area contributed by atoms with Gasteiger partial charge in [-0.1, -0.05) is 108 Å². The lowest BCUT2D eigenvalue weighted by Gasteiger charge is -2.15. The van der Waals surface area contributed by atoms with E-state index in [2.05, 4.69) is 69.3 Å². The van der Waals surface area contributed by atoms with Crippen LogP contribution >= 0.6 is 0 Å². The topological polar surface area (TPSA) is 26.3 Å². The fraction of sp³-hybridized carbons (Fsp3) is 0.552. The number of rotatable bonds is 14. The Morgan fingerprint density at radius 2 is 1.42 bits per heavy atom. The lowest BCUT2D eigenvalue weighted by Crippen LogP contribution is -2.09. The highest BCUT2D eigenvalue weighted by Gasteiger charge is 2.12. The first-order valence-electron chi connectivity index (χ1n) is 12.4. The molecule has 0 aromatic heterocycles. The summed E-state index contributed by atoms with van der Waals surface area (Å²) in [6.45, 7) is 8.64. The van der Waals surface area contributed by atoms with Gasteiger partial charge in [0.1, 0.15) is 6.10 Å². The van der Waals surface area contributed by atoms with Gasteiger partial charge in [0.25, 0.3) is 0 Å². The van der Waals surface area contributed by atoms with Crippen LogP contribution in [0.4, 0.5) is 0 Å². The van der Waals surface area contributed by atoms with E-state index in [0.29, 0.717) is 12.3 Å². The molecule has 0 aliphatic carbocycles. The van der Waals surface area contributed by atoms with Gasteiger partial charge in [0, 0.05) is 6.42 Å². The van der Waals surface area contributed by atoms with Crippen LogP contribution in [0.3, 0.4) is 0 Å². The van der Waals surface area contributed by atoms with Gasteiger partial charge < -0.3 is 4.74 Å².